The number of hydrogen-bond donors (Lipinski definition) is 3. The molecule has 1 aliphatic rings. The molecule has 1 amide bonds. The van der Waals surface area contributed by atoms with Crippen LogP contribution in [0.15, 0.2) is 24.3 Å². The molecule has 114 valence electrons. The van der Waals surface area contributed by atoms with Crippen LogP contribution in [0.5, 0.6) is 0 Å². The maximum Gasteiger partial charge on any atom is 0.337 e. The van der Waals surface area contributed by atoms with Crippen LogP contribution in [0.3, 0.4) is 0 Å². The highest BCUT2D eigenvalue weighted by Crippen LogP contribution is 2.49. The van der Waals surface area contributed by atoms with Gasteiger partial charge < -0.3 is 15.5 Å². The lowest BCUT2D eigenvalue weighted by Gasteiger charge is -2.21. The molecule has 1 unspecified atom stereocenters. The number of nitrogens with one attached hydrogen (secondary N) is 1. The van der Waals surface area contributed by atoms with Crippen molar-refractivity contribution < 1.29 is 19.8 Å². The molecule has 0 heterocycles. The third-order valence-corrected chi connectivity index (χ3v) is 4.24. The van der Waals surface area contributed by atoms with Crippen molar-refractivity contribution in [2.24, 2.45) is 5.41 Å². The Morgan fingerprint density at radius 2 is 2.00 bits per heavy atom. The molecule has 1 fully saturated rings. The summed E-state index contributed by atoms with van der Waals surface area (Å²) in [7, 11) is 0. The van der Waals surface area contributed by atoms with E-state index in [1.165, 1.54) is 0 Å². The van der Waals surface area contributed by atoms with Gasteiger partial charge in [0.25, 0.3) is 0 Å². The summed E-state index contributed by atoms with van der Waals surface area (Å²) in [6.07, 6.45) is 1.99. The molecular formula is C15H18ClNO4. The number of carboxylic acid groups (broad SMARTS) is 1. The summed E-state index contributed by atoms with van der Waals surface area (Å²) >= 11 is 6.10. The Morgan fingerprint density at radius 1 is 1.38 bits per heavy atom. The standard InChI is InChI=1S/C15H18ClNO4/c1-14(21,13(19)20)9-17-12(18)15(6-7-15)8-10-4-2-3-5-11(10)16/h2-5,21H,6-9H2,1H3,(H,17,18)(H,19,20). The number of benzene rings is 1. The molecule has 0 spiro atoms. The molecule has 1 aromatic rings. The lowest BCUT2D eigenvalue weighted by atomic mass is 9.95. The first-order valence-electron chi connectivity index (χ1n) is 6.74. The summed E-state index contributed by atoms with van der Waals surface area (Å²) in [6.45, 7) is 0.842. The molecule has 5 nitrogen and oxygen atoms in total. The fourth-order valence-corrected chi connectivity index (χ4v) is 2.36. The van der Waals surface area contributed by atoms with Crippen LogP contribution >= 0.6 is 11.6 Å². The van der Waals surface area contributed by atoms with Crippen molar-refractivity contribution in [2.45, 2.75) is 31.8 Å². The highest BCUT2D eigenvalue weighted by Gasteiger charge is 2.50. The van der Waals surface area contributed by atoms with Gasteiger partial charge in [0.15, 0.2) is 5.60 Å². The van der Waals surface area contributed by atoms with Crippen molar-refractivity contribution in [1.29, 1.82) is 0 Å². The molecule has 0 aliphatic heterocycles. The third kappa shape index (κ3) is 3.54. The van der Waals surface area contributed by atoms with Crippen LogP contribution in [0.25, 0.3) is 0 Å². The highest BCUT2D eigenvalue weighted by atomic mass is 35.5. The van der Waals surface area contributed by atoms with Crippen molar-refractivity contribution in [3.05, 3.63) is 34.9 Å². The van der Waals surface area contributed by atoms with Gasteiger partial charge in [-0.25, -0.2) is 4.79 Å². The molecule has 1 aliphatic carbocycles. The largest absolute Gasteiger partial charge is 0.479 e. The van der Waals surface area contributed by atoms with Crippen molar-refractivity contribution in [3.63, 3.8) is 0 Å². The van der Waals surface area contributed by atoms with E-state index in [2.05, 4.69) is 5.32 Å². The molecule has 1 atom stereocenters. The van der Waals surface area contributed by atoms with E-state index in [1.807, 2.05) is 18.2 Å². The molecule has 0 aromatic heterocycles. The highest BCUT2D eigenvalue weighted by molar-refractivity contribution is 6.31. The first-order chi connectivity index (χ1) is 9.77. The minimum absolute atomic E-state index is 0.232. The SMILES string of the molecule is CC(O)(CNC(=O)C1(Cc2ccccc2Cl)CC1)C(=O)O. The Balaban J connectivity index is 1.99. The van der Waals surface area contributed by atoms with Crippen molar-refractivity contribution in [2.75, 3.05) is 6.54 Å². The third-order valence-electron chi connectivity index (χ3n) is 3.88. The van der Waals surface area contributed by atoms with Gasteiger partial charge in [0.05, 0.1) is 12.0 Å². The van der Waals surface area contributed by atoms with E-state index < -0.39 is 17.0 Å². The van der Waals surface area contributed by atoms with E-state index in [9.17, 15) is 14.7 Å². The first kappa shape index (κ1) is 15.8. The van der Waals surface area contributed by atoms with E-state index in [0.717, 1.165) is 25.3 Å². The van der Waals surface area contributed by atoms with E-state index in [-0.39, 0.29) is 12.5 Å². The lowest BCUT2D eigenvalue weighted by molar-refractivity contribution is -0.156. The van der Waals surface area contributed by atoms with Crippen molar-refractivity contribution >= 4 is 23.5 Å². The zero-order valence-corrected chi connectivity index (χ0v) is 12.5. The molecule has 0 saturated heterocycles. The second kappa shape index (κ2) is 5.66. The number of aliphatic carboxylic acids is 1. The average molecular weight is 312 g/mol. The van der Waals surface area contributed by atoms with Gasteiger partial charge in [-0.1, -0.05) is 29.8 Å². The summed E-state index contributed by atoms with van der Waals surface area (Å²) in [5.74, 6) is -1.59. The van der Waals surface area contributed by atoms with E-state index in [4.69, 9.17) is 16.7 Å². The molecule has 21 heavy (non-hydrogen) atoms. The van der Waals surface area contributed by atoms with E-state index >= 15 is 0 Å². The van der Waals surface area contributed by atoms with Gasteiger partial charge in [-0.05, 0) is 37.8 Å². The first-order valence-corrected chi connectivity index (χ1v) is 7.12. The second-order valence-electron chi connectivity index (χ2n) is 5.81. The fourth-order valence-electron chi connectivity index (χ4n) is 2.16. The number of hydrogen-bond acceptors (Lipinski definition) is 3. The van der Waals surface area contributed by atoms with E-state index in [0.29, 0.717) is 11.4 Å². The van der Waals surface area contributed by atoms with Gasteiger partial charge >= 0.3 is 5.97 Å². The number of rotatable bonds is 6. The monoisotopic (exact) mass is 311 g/mol. The van der Waals surface area contributed by atoms with Gasteiger partial charge in [-0.15, -0.1) is 0 Å². The fraction of sp³-hybridized carbons (Fsp3) is 0.467. The minimum atomic E-state index is -1.96. The number of halogens is 1. The lowest BCUT2D eigenvalue weighted by Crippen LogP contribution is -2.48. The zero-order chi connectivity index (χ0) is 15.7. The summed E-state index contributed by atoms with van der Waals surface area (Å²) < 4.78 is 0. The van der Waals surface area contributed by atoms with Crippen molar-refractivity contribution in [3.8, 4) is 0 Å². The van der Waals surface area contributed by atoms with Crippen LogP contribution in [0.1, 0.15) is 25.3 Å². The normalized spacial score (nSPS) is 18.6. The van der Waals surface area contributed by atoms with Gasteiger partial charge in [0.1, 0.15) is 0 Å². The Hall–Kier alpha value is -1.59. The van der Waals surface area contributed by atoms with Crippen molar-refractivity contribution in [1.82, 2.24) is 5.32 Å². The Labute approximate surface area is 127 Å². The average Bonchev–Trinajstić information content (AvgIpc) is 3.19. The Bertz CT molecular complexity index is 567. The number of amides is 1. The second-order valence-corrected chi connectivity index (χ2v) is 6.22. The predicted molar refractivity (Wildman–Crippen MR) is 78.1 cm³/mol. The van der Waals surface area contributed by atoms with Gasteiger partial charge in [-0.3, -0.25) is 4.79 Å². The molecule has 1 saturated carbocycles. The number of carbonyl (C=O) groups is 2. The van der Waals surface area contributed by atoms with Gasteiger partial charge in [-0.2, -0.15) is 0 Å². The quantitative estimate of drug-likeness (QED) is 0.745. The minimum Gasteiger partial charge on any atom is -0.479 e. The van der Waals surface area contributed by atoms with Crippen LogP contribution in [-0.4, -0.2) is 34.2 Å². The maximum absolute atomic E-state index is 12.3. The number of carbonyl (C=O) groups excluding carboxylic acids is 1. The van der Waals surface area contributed by atoms with E-state index in [1.54, 1.807) is 6.07 Å². The smallest absolute Gasteiger partial charge is 0.337 e. The van der Waals surface area contributed by atoms with Crippen LogP contribution in [0.4, 0.5) is 0 Å². The van der Waals surface area contributed by atoms with Gasteiger partial charge in [0.2, 0.25) is 5.91 Å². The summed E-state index contributed by atoms with van der Waals surface area (Å²) in [5, 5.41) is 21.6. The molecule has 3 N–H and O–H groups in total. The molecule has 0 radical (unpaired) electrons. The molecular weight excluding hydrogens is 294 g/mol. The molecule has 1 aromatic carbocycles. The van der Waals surface area contributed by atoms with Crippen LogP contribution in [-0.2, 0) is 16.0 Å². The molecule has 6 heteroatoms. The number of aliphatic hydroxyl groups is 1. The molecule has 0 bridgehead atoms. The van der Waals surface area contributed by atoms with Gasteiger partial charge in [0, 0.05) is 5.02 Å². The summed E-state index contributed by atoms with van der Waals surface area (Å²) in [5.41, 5.74) is -1.59. The Kier molecular flexibility index (Phi) is 4.25. The zero-order valence-electron chi connectivity index (χ0n) is 11.7. The molecule has 2 rings (SSSR count). The van der Waals surface area contributed by atoms with Crippen LogP contribution in [0.2, 0.25) is 5.02 Å². The van der Waals surface area contributed by atoms with Crippen LogP contribution in [0, 0.1) is 5.41 Å². The predicted octanol–water partition coefficient (Wildman–Crippen LogP) is 1.61. The topological polar surface area (TPSA) is 86.6 Å². The maximum atomic E-state index is 12.3. The summed E-state index contributed by atoms with van der Waals surface area (Å²) in [6, 6.07) is 7.35. The summed E-state index contributed by atoms with van der Waals surface area (Å²) in [4.78, 5) is 23.1. The Morgan fingerprint density at radius 3 is 2.52 bits per heavy atom. The van der Waals surface area contributed by atoms with Crippen LogP contribution < -0.4 is 5.32 Å². The number of carboxylic acids is 1.